The normalized spacial score (nSPS) is 10.2. The summed E-state index contributed by atoms with van der Waals surface area (Å²) in [6, 6.07) is 15.5. The number of nitrogens with zero attached hydrogens (tertiary/aromatic N) is 4. The standard InChI is InChI=1S/C14H10N4/c1-2-6-11(7-3-1)13-16-10-17-14(18-13)12-8-4-5-9-15-12/h1-10H. The lowest BCUT2D eigenvalue weighted by Gasteiger charge is -2.02. The third-order valence-corrected chi connectivity index (χ3v) is 2.50. The van der Waals surface area contributed by atoms with Gasteiger partial charge in [-0.15, -0.1) is 0 Å². The molecular formula is C14H10N4. The van der Waals surface area contributed by atoms with Crippen molar-refractivity contribution in [3.8, 4) is 22.9 Å². The zero-order valence-electron chi connectivity index (χ0n) is 9.56. The molecule has 0 amide bonds. The van der Waals surface area contributed by atoms with E-state index in [1.54, 1.807) is 6.20 Å². The largest absolute Gasteiger partial charge is 0.253 e. The molecule has 2 heterocycles. The van der Waals surface area contributed by atoms with Gasteiger partial charge in [0, 0.05) is 11.8 Å². The summed E-state index contributed by atoms with van der Waals surface area (Å²) in [4.78, 5) is 17.0. The summed E-state index contributed by atoms with van der Waals surface area (Å²) < 4.78 is 0. The Kier molecular flexibility index (Phi) is 2.75. The van der Waals surface area contributed by atoms with Gasteiger partial charge in [-0.1, -0.05) is 36.4 Å². The molecule has 0 saturated heterocycles. The van der Waals surface area contributed by atoms with Crippen LogP contribution in [-0.4, -0.2) is 19.9 Å². The number of hydrogen-bond donors (Lipinski definition) is 0. The van der Waals surface area contributed by atoms with E-state index in [4.69, 9.17) is 0 Å². The third kappa shape index (κ3) is 2.08. The fourth-order valence-electron chi connectivity index (χ4n) is 1.64. The Morgan fingerprint density at radius 1 is 0.667 bits per heavy atom. The van der Waals surface area contributed by atoms with Gasteiger partial charge in [-0.3, -0.25) is 4.98 Å². The number of rotatable bonds is 2. The van der Waals surface area contributed by atoms with Crippen molar-refractivity contribution >= 4 is 0 Å². The summed E-state index contributed by atoms with van der Waals surface area (Å²) in [5.41, 5.74) is 1.72. The second kappa shape index (κ2) is 4.71. The van der Waals surface area contributed by atoms with E-state index in [-0.39, 0.29) is 0 Å². The zero-order chi connectivity index (χ0) is 12.2. The minimum atomic E-state index is 0.587. The van der Waals surface area contributed by atoms with Crippen molar-refractivity contribution in [2.75, 3.05) is 0 Å². The summed E-state index contributed by atoms with van der Waals surface area (Å²) in [5, 5.41) is 0. The Bertz CT molecular complexity index is 583. The summed E-state index contributed by atoms with van der Waals surface area (Å²) in [6.07, 6.45) is 3.24. The van der Waals surface area contributed by atoms with Crippen molar-refractivity contribution < 1.29 is 0 Å². The SMILES string of the molecule is c1ccc(-c2ncnc(-c3ccccn3)n2)cc1. The molecule has 3 aromatic rings. The second-order valence-electron chi connectivity index (χ2n) is 3.71. The van der Waals surface area contributed by atoms with Crippen LogP contribution in [0.25, 0.3) is 22.9 Å². The van der Waals surface area contributed by atoms with Crippen LogP contribution in [0.3, 0.4) is 0 Å². The van der Waals surface area contributed by atoms with E-state index in [1.807, 2.05) is 48.5 Å². The van der Waals surface area contributed by atoms with Crippen molar-refractivity contribution in [2.24, 2.45) is 0 Å². The molecule has 86 valence electrons. The van der Waals surface area contributed by atoms with E-state index in [2.05, 4.69) is 19.9 Å². The van der Waals surface area contributed by atoms with Gasteiger partial charge >= 0.3 is 0 Å². The van der Waals surface area contributed by atoms with Gasteiger partial charge in [-0.2, -0.15) is 0 Å². The molecular weight excluding hydrogens is 224 g/mol. The molecule has 0 atom stereocenters. The molecule has 0 unspecified atom stereocenters. The molecule has 0 N–H and O–H groups in total. The fourth-order valence-corrected chi connectivity index (χ4v) is 1.64. The number of benzene rings is 1. The van der Waals surface area contributed by atoms with E-state index in [1.165, 1.54) is 6.33 Å². The molecule has 2 aromatic heterocycles. The number of aromatic nitrogens is 4. The van der Waals surface area contributed by atoms with Crippen LogP contribution >= 0.6 is 0 Å². The molecule has 0 radical (unpaired) electrons. The maximum absolute atomic E-state index is 4.43. The first-order valence-corrected chi connectivity index (χ1v) is 5.59. The lowest BCUT2D eigenvalue weighted by atomic mass is 10.2. The van der Waals surface area contributed by atoms with Gasteiger partial charge in [-0.25, -0.2) is 15.0 Å². The first-order chi connectivity index (χ1) is 8.93. The molecule has 3 rings (SSSR count). The van der Waals surface area contributed by atoms with Crippen LogP contribution in [0.2, 0.25) is 0 Å². The van der Waals surface area contributed by atoms with Crippen LogP contribution < -0.4 is 0 Å². The molecule has 0 aliphatic heterocycles. The maximum atomic E-state index is 4.43. The van der Waals surface area contributed by atoms with Gasteiger partial charge in [0.15, 0.2) is 11.6 Å². The Morgan fingerprint density at radius 3 is 2.22 bits per heavy atom. The van der Waals surface area contributed by atoms with Crippen LogP contribution in [0.15, 0.2) is 61.1 Å². The van der Waals surface area contributed by atoms with Crippen molar-refractivity contribution in [3.63, 3.8) is 0 Å². The molecule has 4 heteroatoms. The highest BCUT2D eigenvalue weighted by Gasteiger charge is 2.05. The second-order valence-corrected chi connectivity index (χ2v) is 3.71. The predicted octanol–water partition coefficient (Wildman–Crippen LogP) is 2.60. The number of pyridine rings is 1. The quantitative estimate of drug-likeness (QED) is 0.684. The summed E-state index contributed by atoms with van der Waals surface area (Å²) in [5.74, 6) is 1.25. The molecule has 1 aromatic carbocycles. The summed E-state index contributed by atoms with van der Waals surface area (Å²) in [7, 11) is 0. The van der Waals surface area contributed by atoms with Crippen LogP contribution in [-0.2, 0) is 0 Å². The Morgan fingerprint density at radius 2 is 1.44 bits per heavy atom. The fraction of sp³-hybridized carbons (Fsp3) is 0. The molecule has 0 aliphatic carbocycles. The van der Waals surface area contributed by atoms with Crippen LogP contribution in [0, 0.1) is 0 Å². The zero-order valence-corrected chi connectivity index (χ0v) is 9.56. The van der Waals surface area contributed by atoms with Crippen molar-refractivity contribution in [1.29, 1.82) is 0 Å². The van der Waals surface area contributed by atoms with Crippen LogP contribution in [0.5, 0.6) is 0 Å². The van der Waals surface area contributed by atoms with Gasteiger partial charge in [-0.05, 0) is 12.1 Å². The molecule has 4 nitrogen and oxygen atoms in total. The molecule has 0 bridgehead atoms. The average Bonchev–Trinajstić information content (AvgIpc) is 2.49. The van der Waals surface area contributed by atoms with E-state index in [0.29, 0.717) is 11.6 Å². The Hall–Kier alpha value is -2.62. The van der Waals surface area contributed by atoms with Gasteiger partial charge in [0.2, 0.25) is 0 Å². The highest BCUT2D eigenvalue weighted by Crippen LogP contribution is 2.16. The van der Waals surface area contributed by atoms with Gasteiger partial charge in [0.25, 0.3) is 0 Å². The molecule has 0 fully saturated rings. The monoisotopic (exact) mass is 234 g/mol. The molecule has 18 heavy (non-hydrogen) atoms. The molecule has 0 saturated carbocycles. The van der Waals surface area contributed by atoms with Gasteiger partial charge in [0.05, 0.1) is 0 Å². The topological polar surface area (TPSA) is 51.6 Å². The van der Waals surface area contributed by atoms with Gasteiger partial charge in [0.1, 0.15) is 12.0 Å². The minimum absolute atomic E-state index is 0.587. The third-order valence-electron chi connectivity index (χ3n) is 2.50. The van der Waals surface area contributed by atoms with Crippen molar-refractivity contribution in [1.82, 2.24) is 19.9 Å². The predicted molar refractivity (Wildman–Crippen MR) is 68.5 cm³/mol. The lowest BCUT2D eigenvalue weighted by molar-refractivity contribution is 1.05. The first kappa shape index (κ1) is 10.5. The van der Waals surface area contributed by atoms with Gasteiger partial charge < -0.3 is 0 Å². The molecule has 0 aliphatic rings. The van der Waals surface area contributed by atoms with E-state index in [9.17, 15) is 0 Å². The maximum Gasteiger partial charge on any atom is 0.181 e. The first-order valence-electron chi connectivity index (χ1n) is 5.59. The Labute approximate surface area is 104 Å². The minimum Gasteiger partial charge on any atom is -0.253 e. The smallest absolute Gasteiger partial charge is 0.181 e. The van der Waals surface area contributed by atoms with E-state index < -0.39 is 0 Å². The number of hydrogen-bond acceptors (Lipinski definition) is 4. The highest BCUT2D eigenvalue weighted by atomic mass is 15.0. The van der Waals surface area contributed by atoms with Crippen LogP contribution in [0.1, 0.15) is 0 Å². The van der Waals surface area contributed by atoms with E-state index in [0.717, 1.165) is 11.3 Å². The highest BCUT2D eigenvalue weighted by molar-refractivity contribution is 5.57. The van der Waals surface area contributed by atoms with Crippen molar-refractivity contribution in [3.05, 3.63) is 61.1 Å². The van der Waals surface area contributed by atoms with Crippen molar-refractivity contribution in [2.45, 2.75) is 0 Å². The molecule has 0 spiro atoms. The van der Waals surface area contributed by atoms with E-state index >= 15 is 0 Å². The lowest BCUT2D eigenvalue weighted by Crippen LogP contribution is -1.96. The Balaban J connectivity index is 2.05. The average molecular weight is 234 g/mol. The summed E-state index contributed by atoms with van der Waals surface area (Å²) in [6.45, 7) is 0. The van der Waals surface area contributed by atoms with Crippen LogP contribution in [0.4, 0.5) is 0 Å². The summed E-state index contributed by atoms with van der Waals surface area (Å²) >= 11 is 0.